The second-order valence-electron chi connectivity index (χ2n) is 6.11. The van der Waals surface area contributed by atoms with Crippen LogP contribution in [0.2, 0.25) is 0 Å². The largest absolute Gasteiger partial charge is 0.355 e. The van der Waals surface area contributed by atoms with Gasteiger partial charge in [-0.05, 0) is 62.1 Å². The van der Waals surface area contributed by atoms with Gasteiger partial charge in [0.25, 0.3) is 0 Å². The maximum Gasteiger partial charge on any atom is 0.237 e. The van der Waals surface area contributed by atoms with Crippen molar-refractivity contribution in [3.05, 3.63) is 34.9 Å². The fourth-order valence-electron chi connectivity index (χ4n) is 3.35. The fraction of sp³-hybridized carbons (Fsp3) is 0.588. The van der Waals surface area contributed by atoms with Crippen molar-refractivity contribution < 1.29 is 4.79 Å². The number of piperidine rings is 1. The number of rotatable bonds is 3. The van der Waals surface area contributed by atoms with Gasteiger partial charge in [-0.1, -0.05) is 18.2 Å². The van der Waals surface area contributed by atoms with E-state index in [-0.39, 0.29) is 18.0 Å². The molecule has 1 heterocycles. The quantitative estimate of drug-likeness (QED) is 0.887. The van der Waals surface area contributed by atoms with Crippen molar-refractivity contribution in [2.24, 2.45) is 0 Å². The average molecular weight is 272 g/mol. The Morgan fingerprint density at radius 1 is 1.20 bits per heavy atom. The van der Waals surface area contributed by atoms with Crippen LogP contribution in [-0.4, -0.2) is 18.5 Å². The molecule has 3 nitrogen and oxygen atoms in total. The molecule has 0 radical (unpaired) electrons. The van der Waals surface area contributed by atoms with Crippen molar-refractivity contribution in [2.45, 2.75) is 57.5 Å². The molecular weight excluding hydrogens is 248 g/mol. The second-order valence-corrected chi connectivity index (χ2v) is 6.11. The maximum atomic E-state index is 11.8. The van der Waals surface area contributed by atoms with E-state index in [0.29, 0.717) is 0 Å². The van der Waals surface area contributed by atoms with Crippen molar-refractivity contribution in [3.63, 3.8) is 0 Å². The molecule has 1 amide bonds. The molecule has 3 rings (SSSR count). The van der Waals surface area contributed by atoms with Gasteiger partial charge < -0.3 is 5.32 Å². The van der Waals surface area contributed by atoms with E-state index < -0.39 is 0 Å². The summed E-state index contributed by atoms with van der Waals surface area (Å²) in [5.74, 6) is 0.154. The highest BCUT2D eigenvalue weighted by Crippen LogP contribution is 2.25. The summed E-state index contributed by atoms with van der Waals surface area (Å²) in [6.45, 7) is 2.98. The van der Waals surface area contributed by atoms with Crippen LogP contribution in [0.4, 0.5) is 0 Å². The molecule has 3 heteroatoms. The Bertz CT molecular complexity index is 498. The first-order valence-corrected chi connectivity index (χ1v) is 7.89. The van der Waals surface area contributed by atoms with Crippen LogP contribution in [0.25, 0.3) is 0 Å². The molecule has 1 saturated heterocycles. The van der Waals surface area contributed by atoms with E-state index in [1.165, 1.54) is 42.4 Å². The third-order valence-electron chi connectivity index (χ3n) is 4.61. The number of fused-ring (bicyclic) bond motifs is 1. The van der Waals surface area contributed by atoms with Crippen LogP contribution >= 0.6 is 0 Å². The average Bonchev–Trinajstić information content (AvgIpc) is 2.49. The van der Waals surface area contributed by atoms with Crippen molar-refractivity contribution in [3.8, 4) is 0 Å². The van der Waals surface area contributed by atoms with Crippen LogP contribution in [0.5, 0.6) is 0 Å². The van der Waals surface area contributed by atoms with Gasteiger partial charge in [0.1, 0.15) is 0 Å². The van der Waals surface area contributed by atoms with E-state index in [1.54, 1.807) is 0 Å². The highest BCUT2D eigenvalue weighted by Gasteiger charge is 2.23. The van der Waals surface area contributed by atoms with Gasteiger partial charge >= 0.3 is 0 Å². The van der Waals surface area contributed by atoms with Gasteiger partial charge in [-0.15, -0.1) is 0 Å². The first kappa shape index (κ1) is 13.6. The summed E-state index contributed by atoms with van der Waals surface area (Å²) in [5.41, 5.74) is 4.34. The van der Waals surface area contributed by atoms with Crippen molar-refractivity contribution >= 4 is 5.91 Å². The molecule has 1 aromatic carbocycles. The highest BCUT2D eigenvalue weighted by molar-refractivity contribution is 5.82. The fourth-order valence-corrected chi connectivity index (χ4v) is 3.35. The molecule has 108 valence electrons. The van der Waals surface area contributed by atoms with Gasteiger partial charge in [-0.3, -0.25) is 10.1 Å². The summed E-state index contributed by atoms with van der Waals surface area (Å²) in [5, 5.41) is 6.42. The molecule has 1 fully saturated rings. The molecule has 2 aliphatic rings. The van der Waals surface area contributed by atoms with Crippen molar-refractivity contribution in [2.75, 3.05) is 6.54 Å². The molecular formula is C17H24N2O. The lowest BCUT2D eigenvalue weighted by Gasteiger charge is -2.27. The smallest absolute Gasteiger partial charge is 0.237 e. The Morgan fingerprint density at radius 3 is 2.80 bits per heavy atom. The predicted molar refractivity (Wildman–Crippen MR) is 80.7 cm³/mol. The van der Waals surface area contributed by atoms with E-state index in [9.17, 15) is 4.79 Å². The number of nitrogens with one attached hydrogen (secondary N) is 2. The first-order valence-electron chi connectivity index (χ1n) is 7.89. The van der Waals surface area contributed by atoms with E-state index in [1.807, 2.05) is 0 Å². The van der Waals surface area contributed by atoms with E-state index in [0.717, 1.165) is 19.4 Å². The lowest BCUT2D eigenvalue weighted by atomic mass is 9.89. The first-order chi connectivity index (χ1) is 9.74. The number of carbonyl (C=O) groups excluding carboxylic acids is 1. The Balaban J connectivity index is 1.70. The molecule has 1 aliphatic carbocycles. The van der Waals surface area contributed by atoms with Crippen LogP contribution in [0, 0.1) is 0 Å². The Morgan fingerprint density at radius 2 is 2.00 bits per heavy atom. The Kier molecular flexibility index (Phi) is 4.06. The molecule has 0 aromatic heterocycles. The van der Waals surface area contributed by atoms with E-state index in [4.69, 9.17) is 0 Å². The lowest BCUT2D eigenvalue weighted by Crippen LogP contribution is -2.48. The summed E-state index contributed by atoms with van der Waals surface area (Å²) in [6.07, 6.45) is 7.08. The number of carbonyl (C=O) groups is 1. The zero-order valence-electron chi connectivity index (χ0n) is 12.2. The van der Waals surface area contributed by atoms with Gasteiger partial charge in [-0.2, -0.15) is 0 Å². The minimum absolute atomic E-state index is 0.0326. The van der Waals surface area contributed by atoms with Gasteiger partial charge in [0.2, 0.25) is 5.91 Å². The minimum Gasteiger partial charge on any atom is -0.355 e. The lowest BCUT2D eigenvalue weighted by molar-refractivity contribution is -0.124. The summed E-state index contributed by atoms with van der Waals surface area (Å²) in [7, 11) is 0. The molecule has 0 bridgehead atoms. The molecule has 20 heavy (non-hydrogen) atoms. The topological polar surface area (TPSA) is 41.1 Å². The van der Waals surface area contributed by atoms with Gasteiger partial charge in [0, 0.05) is 12.6 Å². The molecule has 2 atom stereocenters. The zero-order valence-corrected chi connectivity index (χ0v) is 12.2. The van der Waals surface area contributed by atoms with E-state index >= 15 is 0 Å². The Hall–Kier alpha value is -1.35. The molecule has 1 aromatic rings. The number of benzene rings is 1. The number of amides is 1. The van der Waals surface area contributed by atoms with Crippen LogP contribution in [0.15, 0.2) is 18.2 Å². The predicted octanol–water partition coefficient (Wildman–Crippen LogP) is 2.49. The monoisotopic (exact) mass is 272 g/mol. The maximum absolute atomic E-state index is 11.8. The minimum atomic E-state index is -0.0326. The van der Waals surface area contributed by atoms with Crippen LogP contribution in [0.3, 0.4) is 0 Å². The van der Waals surface area contributed by atoms with Gasteiger partial charge in [-0.25, -0.2) is 0 Å². The van der Waals surface area contributed by atoms with Crippen molar-refractivity contribution in [1.29, 1.82) is 0 Å². The Labute approximate surface area is 121 Å². The summed E-state index contributed by atoms with van der Waals surface area (Å²) in [6, 6.07) is 7.05. The standard InChI is InChI=1S/C17H24N2O/c1-12(19-16-7-4-10-18-17(16)20)14-9-8-13-5-2-3-6-15(13)11-14/h8-9,11-12,16,19H,2-7,10H2,1H3,(H,18,20). The number of aryl methyl sites for hydroxylation is 2. The molecule has 0 saturated carbocycles. The summed E-state index contributed by atoms with van der Waals surface area (Å²) >= 11 is 0. The summed E-state index contributed by atoms with van der Waals surface area (Å²) in [4.78, 5) is 11.8. The number of hydrogen-bond acceptors (Lipinski definition) is 2. The molecule has 2 N–H and O–H groups in total. The third kappa shape index (κ3) is 2.88. The molecule has 0 spiro atoms. The third-order valence-corrected chi connectivity index (χ3v) is 4.61. The van der Waals surface area contributed by atoms with Crippen LogP contribution in [-0.2, 0) is 17.6 Å². The normalized spacial score (nSPS) is 23.9. The van der Waals surface area contributed by atoms with Gasteiger partial charge in [0.05, 0.1) is 6.04 Å². The SMILES string of the molecule is CC(NC1CCCNC1=O)c1ccc2c(c1)CCCC2. The molecule has 1 aliphatic heterocycles. The van der Waals surface area contributed by atoms with E-state index in [2.05, 4.69) is 35.8 Å². The van der Waals surface area contributed by atoms with Crippen LogP contribution in [0.1, 0.15) is 55.3 Å². The molecule has 2 unspecified atom stereocenters. The van der Waals surface area contributed by atoms with Crippen molar-refractivity contribution in [1.82, 2.24) is 10.6 Å². The highest BCUT2D eigenvalue weighted by atomic mass is 16.2. The zero-order chi connectivity index (χ0) is 13.9. The van der Waals surface area contributed by atoms with Gasteiger partial charge in [0.15, 0.2) is 0 Å². The number of hydrogen-bond donors (Lipinski definition) is 2. The second kappa shape index (κ2) is 5.96. The van der Waals surface area contributed by atoms with Crippen LogP contribution < -0.4 is 10.6 Å². The summed E-state index contributed by atoms with van der Waals surface area (Å²) < 4.78 is 0.